The first kappa shape index (κ1) is 12.3. The highest BCUT2D eigenvalue weighted by molar-refractivity contribution is 5.88. The largest absolute Gasteiger partial charge is 0.464 e. The average Bonchev–Trinajstić information content (AvgIpc) is 2.72. The van der Waals surface area contributed by atoms with Crippen molar-refractivity contribution in [3.05, 3.63) is 53.0 Å². The smallest absolute Gasteiger partial charge is 0.360 e. The van der Waals surface area contributed by atoms with Crippen LogP contribution in [0.15, 0.2) is 28.7 Å². The van der Waals surface area contributed by atoms with Gasteiger partial charge >= 0.3 is 5.97 Å². The summed E-state index contributed by atoms with van der Waals surface area (Å²) >= 11 is 0. The number of rotatable bonds is 3. The van der Waals surface area contributed by atoms with E-state index in [2.05, 4.69) is 9.72 Å². The molecule has 0 unspecified atom stereocenters. The summed E-state index contributed by atoms with van der Waals surface area (Å²) < 4.78 is 22.8. The molecule has 1 aromatic carbocycles. The van der Waals surface area contributed by atoms with Crippen LogP contribution in [0.4, 0.5) is 4.39 Å². The normalized spacial score (nSPS) is 10.4. The Balaban J connectivity index is 2.28. The predicted molar refractivity (Wildman–Crippen MR) is 61.8 cm³/mol. The van der Waals surface area contributed by atoms with Gasteiger partial charge in [-0.3, -0.25) is 0 Å². The highest BCUT2D eigenvalue weighted by Gasteiger charge is 2.19. The average molecular weight is 249 g/mol. The van der Waals surface area contributed by atoms with E-state index in [-0.39, 0.29) is 11.5 Å². The lowest BCUT2D eigenvalue weighted by molar-refractivity contribution is 0.0592. The molecular formula is C13H12FNO3. The SMILES string of the molecule is COC(=O)c1nc(C)oc1Cc1ccc(F)cc1. The summed E-state index contributed by atoms with van der Waals surface area (Å²) in [4.78, 5) is 15.5. The molecule has 0 radical (unpaired) electrons. The molecule has 1 aromatic heterocycles. The van der Waals surface area contributed by atoms with Crippen LogP contribution < -0.4 is 0 Å². The molecule has 0 aliphatic heterocycles. The van der Waals surface area contributed by atoms with Crippen molar-refractivity contribution in [2.24, 2.45) is 0 Å². The fraction of sp³-hybridized carbons (Fsp3) is 0.231. The molecule has 18 heavy (non-hydrogen) atoms. The van der Waals surface area contributed by atoms with Crippen LogP contribution in [0.2, 0.25) is 0 Å². The Morgan fingerprint density at radius 3 is 2.67 bits per heavy atom. The van der Waals surface area contributed by atoms with Crippen LogP contribution >= 0.6 is 0 Å². The van der Waals surface area contributed by atoms with Gasteiger partial charge in [-0.2, -0.15) is 0 Å². The van der Waals surface area contributed by atoms with Gasteiger partial charge in [0.1, 0.15) is 11.6 Å². The fourth-order valence-corrected chi connectivity index (χ4v) is 1.63. The molecule has 2 rings (SSSR count). The third kappa shape index (κ3) is 2.56. The van der Waals surface area contributed by atoms with Crippen molar-refractivity contribution in [1.82, 2.24) is 4.98 Å². The molecule has 0 atom stereocenters. The molecule has 0 fully saturated rings. The Morgan fingerprint density at radius 1 is 1.39 bits per heavy atom. The van der Waals surface area contributed by atoms with E-state index in [4.69, 9.17) is 4.42 Å². The molecule has 0 bridgehead atoms. The highest BCUT2D eigenvalue weighted by Crippen LogP contribution is 2.17. The van der Waals surface area contributed by atoms with Gasteiger partial charge < -0.3 is 9.15 Å². The number of aryl methyl sites for hydroxylation is 1. The van der Waals surface area contributed by atoms with E-state index >= 15 is 0 Å². The van der Waals surface area contributed by atoms with E-state index in [1.165, 1.54) is 19.2 Å². The Bertz CT molecular complexity index is 560. The number of esters is 1. The lowest BCUT2D eigenvalue weighted by atomic mass is 10.1. The van der Waals surface area contributed by atoms with E-state index in [9.17, 15) is 9.18 Å². The topological polar surface area (TPSA) is 52.3 Å². The van der Waals surface area contributed by atoms with E-state index < -0.39 is 5.97 Å². The summed E-state index contributed by atoms with van der Waals surface area (Å²) in [6, 6.07) is 5.98. The molecule has 5 heteroatoms. The van der Waals surface area contributed by atoms with Crippen molar-refractivity contribution in [3.8, 4) is 0 Å². The second kappa shape index (κ2) is 5.00. The standard InChI is InChI=1S/C13H12FNO3/c1-8-15-12(13(16)17-2)11(18-8)7-9-3-5-10(14)6-4-9/h3-6H,7H2,1-2H3. The van der Waals surface area contributed by atoms with Crippen LogP contribution in [0.25, 0.3) is 0 Å². The maximum absolute atomic E-state index is 12.8. The van der Waals surface area contributed by atoms with Crippen LogP contribution in [-0.4, -0.2) is 18.1 Å². The predicted octanol–water partition coefficient (Wildman–Crippen LogP) is 2.50. The maximum atomic E-state index is 12.8. The van der Waals surface area contributed by atoms with Gasteiger partial charge in [-0.25, -0.2) is 14.2 Å². The van der Waals surface area contributed by atoms with E-state index in [1.807, 2.05) is 0 Å². The third-order valence-corrected chi connectivity index (χ3v) is 2.46. The number of ether oxygens (including phenoxy) is 1. The molecule has 0 spiro atoms. The lowest BCUT2D eigenvalue weighted by Crippen LogP contribution is -2.05. The Morgan fingerprint density at radius 2 is 2.06 bits per heavy atom. The van der Waals surface area contributed by atoms with Crippen molar-refractivity contribution >= 4 is 5.97 Å². The quantitative estimate of drug-likeness (QED) is 0.784. The molecule has 0 amide bonds. The van der Waals surface area contributed by atoms with Crippen molar-refractivity contribution in [3.63, 3.8) is 0 Å². The Kier molecular flexibility index (Phi) is 3.41. The number of nitrogens with zero attached hydrogens (tertiary/aromatic N) is 1. The molecule has 0 N–H and O–H groups in total. The van der Waals surface area contributed by atoms with Crippen molar-refractivity contribution in [2.45, 2.75) is 13.3 Å². The summed E-state index contributed by atoms with van der Waals surface area (Å²) in [5, 5.41) is 0. The minimum absolute atomic E-state index is 0.166. The molecule has 4 nitrogen and oxygen atoms in total. The Labute approximate surface area is 103 Å². The van der Waals surface area contributed by atoms with Crippen LogP contribution in [0.3, 0.4) is 0 Å². The lowest BCUT2D eigenvalue weighted by Gasteiger charge is -2.00. The molecule has 2 aromatic rings. The van der Waals surface area contributed by atoms with Gasteiger partial charge in [0, 0.05) is 13.3 Å². The van der Waals surface area contributed by atoms with E-state index in [0.29, 0.717) is 18.1 Å². The number of oxazole rings is 1. The van der Waals surface area contributed by atoms with Crippen LogP contribution in [0.1, 0.15) is 27.7 Å². The summed E-state index contributed by atoms with van der Waals surface area (Å²) in [5.74, 6) is -0.0249. The van der Waals surface area contributed by atoms with Crippen molar-refractivity contribution in [2.75, 3.05) is 7.11 Å². The van der Waals surface area contributed by atoms with Gasteiger partial charge in [-0.05, 0) is 17.7 Å². The Hall–Kier alpha value is -2.17. The number of hydrogen-bond acceptors (Lipinski definition) is 4. The summed E-state index contributed by atoms with van der Waals surface area (Å²) in [5.41, 5.74) is 0.997. The molecular weight excluding hydrogens is 237 g/mol. The van der Waals surface area contributed by atoms with Crippen molar-refractivity contribution < 1.29 is 18.3 Å². The third-order valence-electron chi connectivity index (χ3n) is 2.46. The molecule has 94 valence electrons. The van der Waals surface area contributed by atoms with Gasteiger partial charge in [0.15, 0.2) is 11.6 Å². The number of hydrogen-bond donors (Lipinski definition) is 0. The zero-order chi connectivity index (χ0) is 13.1. The molecule has 1 heterocycles. The van der Waals surface area contributed by atoms with Gasteiger partial charge in [-0.15, -0.1) is 0 Å². The summed E-state index contributed by atoms with van der Waals surface area (Å²) in [7, 11) is 1.29. The van der Waals surface area contributed by atoms with Crippen LogP contribution in [-0.2, 0) is 11.2 Å². The summed E-state index contributed by atoms with van der Waals surface area (Å²) in [6.07, 6.45) is 0.367. The zero-order valence-corrected chi connectivity index (χ0v) is 10.1. The first-order valence-electron chi connectivity index (χ1n) is 5.39. The highest BCUT2D eigenvalue weighted by atomic mass is 19.1. The van der Waals surface area contributed by atoms with E-state index in [0.717, 1.165) is 5.56 Å². The molecule has 0 aliphatic rings. The van der Waals surface area contributed by atoms with Crippen LogP contribution in [0, 0.1) is 12.7 Å². The first-order chi connectivity index (χ1) is 8.60. The van der Waals surface area contributed by atoms with Gasteiger partial charge in [-0.1, -0.05) is 12.1 Å². The fourth-order valence-electron chi connectivity index (χ4n) is 1.63. The monoisotopic (exact) mass is 249 g/mol. The first-order valence-corrected chi connectivity index (χ1v) is 5.39. The second-order valence-corrected chi connectivity index (χ2v) is 3.80. The number of carbonyl (C=O) groups excluding carboxylic acids is 1. The minimum atomic E-state index is -0.538. The summed E-state index contributed by atoms with van der Waals surface area (Å²) in [6.45, 7) is 1.65. The zero-order valence-electron chi connectivity index (χ0n) is 10.1. The molecule has 0 saturated carbocycles. The number of aromatic nitrogens is 1. The number of benzene rings is 1. The number of halogens is 1. The number of methoxy groups -OCH3 is 1. The minimum Gasteiger partial charge on any atom is -0.464 e. The van der Waals surface area contributed by atoms with Gasteiger partial charge in [0.05, 0.1) is 7.11 Å². The molecule has 0 saturated heterocycles. The molecule has 0 aliphatic carbocycles. The van der Waals surface area contributed by atoms with Gasteiger partial charge in [0.2, 0.25) is 0 Å². The second-order valence-electron chi connectivity index (χ2n) is 3.80. The number of carbonyl (C=O) groups is 1. The maximum Gasteiger partial charge on any atom is 0.360 e. The van der Waals surface area contributed by atoms with Gasteiger partial charge in [0.25, 0.3) is 0 Å². The van der Waals surface area contributed by atoms with E-state index in [1.54, 1.807) is 19.1 Å². The van der Waals surface area contributed by atoms with Crippen molar-refractivity contribution in [1.29, 1.82) is 0 Å². The van der Waals surface area contributed by atoms with Crippen LogP contribution in [0.5, 0.6) is 0 Å².